The maximum atomic E-state index is 5.90. The predicted molar refractivity (Wildman–Crippen MR) is 59.5 cm³/mol. The molecule has 1 heteroatoms. The number of aryl methyl sites for hydroxylation is 2. The highest BCUT2D eigenvalue weighted by molar-refractivity contribution is 6.20. The number of halogens is 1. The fourth-order valence-electron chi connectivity index (χ4n) is 1.37. The summed E-state index contributed by atoms with van der Waals surface area (Å²) in [7, 11) is 0. The van der Waals surface area contributed by atoms with Gasteiger partial charge in [-0.2, -0.15) is 0 Å². The van der Waals surface area contributed by atoms with Crippen molar-refractivity contribution in [2.24, 2.45) is 0 Å². The van der Waals surface area contributed by atoms with Crippen LogP contribution in [0.1, 0.15) is 31.4 Å². The molecule has 13 heavy (non-hydrogen) atoms. The number of hydrogen-bond donors (Lipinski definition) is 0. The molecule has 0 aromatic heterocycles. The van der Waals surface area contributed by atoms with E-state index in [2.05, 4.69) is 31.2 Å². The van der Waals surface area contributed by atoms with Crippen LogP contribution in [0.4, 0.5) is 0 Å². The highest BCUT2D eigenvalue weighted by Crippen LogP contribution is 2.11. The summed E-state index contributed by atoms with van der Waals surface area (Å²) in [5.74, 6) is 0. The lowest BCUT2D eigenvalue weighted by Crippen LogP contribution is -1.95. The first-order valence-electron chi connectivity index (χ1n) is 4.94. The van der Waals surface area contributed by atoms with Crippen LogP contribution in [-0.2, 0) is 12.8 Å². The zero-order valence-electron chi connectivity index (χ0n) is 8.39. The van der Waals surface area contributed by atoms with Crippen LogP contribution in [0.2, 0.25) is 0 Å². The topological polar surface area (TPSA) is 0 Å². The molecule has 0 heterocycles. The Labute approximate surface area is 85.9 Å². The molecule has 0 saturated carbocycles. The molecule has 0 spiro atoms. The fourth-order valence-corrected chi connectivity index (χ4v) is 1.48. The fraction of sp³-hybridized carbons (Fsp3) is 0.500. The molecule has 0 N–H and O–H groups in total. The molecule has 0 amide bonds. The first-order chi connectivity index (χ1) is 6.22. The molecule has 72 valence electrons. The zero-order valence-corrected chi connectivity index (χ0v) is 9.14. The summed E-state index contributed by atoms with van der Waals surface area (Å²) < 4.78 is 0. The predicted octanol–water partition coefficient (Wildman–Crippen LogP) is 3.81. The van der Waals surface area contributed by atoms with E-state index < -0.39 is 0 Å². The van der Waals surface area contributed by atoms with Crippen LogP contribution in [-0.4, -0.2) is 5.38 Å². The third-order valence-corrected chi connectivity index (χ3v) is 2.45. The molecule has 0 saturated heterocycles. The molecule has 0 bridgehead atoms. The van der Waals surface area contributed by atoms with Crippen molar-refractivity contribution in [1.82, 2.24) is 0 Å². The summed E-state index contributed by atoms with van der Waals surface area (Å²) in [4.78, 5) is 0. The summed E-state index contributed by atoms with van der Waals surface area (Å²) >= 11 is 5.90. The minimum absolute atomic E-state index is 0.283. The molecule has 0 aliphatic heterocycles. The Morgan fingerprint density at radius 2 is 2.00 bits per heavy atom. The molecule has 1 aromatic carbocycles. The minimum Gasteiger partial charge on any atom is -0.123 e. The Hall–Kier alpha value is -0.490. The maximum Gasteiger partial charge on any atom is 0.0311 e. The maximum absolute atomic E-state index is 5.90. The second-order valence-electron chi connectivity index (χ2n) is 3.49. The van der Waals surface area contributed by atoms with Crippen molar-refractivity contribution in [2.45, 2.75) is 38.5 Å². The van der Waals surface area contributed by atoms with E-state index in [1.165, 1.54) is 11.1 Å². The highest BCUT2D eigenvalue weighted by atomic mass is 35.5. The van der Waals surface area contributed by atoms with Gasteiger partial charge in [-0.15, -0.1) is 11.6 Å². The normalized spacial score (nSPS) is 12.8. The van der Waals surface area contributed by atoms with Gasteiger partial charge in [0.1, 0.15) is 0 Å². The molecule has 0 radical (unpaired) electrons. The molecule has 1 rings (SSSR count). The van der Waals surface area contributed by atoms with E-state index in [0.29, 0.717) is 0 Å². The smallest absolute Gasteiger partial charge is 0.0311 e. The van der Waals surface area contributed by atoms with Crippen LogP contribution in [0.3, 0.4) is 0 Å². The zero-order chi connectivity index (χ0) is 9.68. The molecule has 0 aliphatic rings. The van der Waals surface area contributed by atoms with Crippen LogP contribution in [0, 0.1) is 0 Å². The number of hydrogen-bond acceptors (Lipinski definition) is 0. The lowest BCUT2D eigenvalue weighted by atomic mass is 10.0. The molecular formula is C12H17Cl. The van der Waals surface area contributed by atoms with Crippen molar-refractivity contribution in [3.63, 3.8) is 0 Å². The van der Waals surface area contributed by atoms with E-state index in [9.17, 15) is 0 Å². The van der Waals surface area contributed by atoms with Crippen molar-refractivity contribution in [1.29, 1.82) is 0 Å². The first-order valence-corrected chi connectivity index (χ1v) is 5.38. The Bertz CT molecular complexity index is 253. The molecular weight excluding hydrogens is 180 g/mol. The summed E-state index contributed by atoms with van der Waals surface area (Å²) in [5.41, 5.74) is 2.83. The van der Waals surface area contributed by atoms with Crippen LogP contribution in [0.25, 0.3) is 0 Å². The number of rotatable bonds is 4. The van der Waals surface area contributed by atoms with Gasteiger partial charge in [0, 0.05) is 5.38 Å². The van der Waals surface area contributed by atoms with Crippen molar-refractivity contribution in [2.75, 3.05) is 0 Å². The third-order valence-electron chi connectivity index (χ3n) is 2.23. The SMILES string of the molecule is CCc1cccc(CCC(C)Cl)c1. The number of benzene rings is 1. The van der Waals surface area contributed by atoms with Gasteiger partial charge in [0.25, 0.3) is 0 Å². The van der Waals surface area contributed by atoms with Gasteiger partial charge in [-0.1, -0.05) is 31.2 Å². The average molecular weight is 197 g/mol. The lowest BCUT2D eigenvalue weighted by Gasteiger charge is -2.04. The summed E-state index contributed by atoms with van der Waals surface area (Å²) in [6, 6.07) is 8.76. The second kappa shape index (κ2) is 5.29. The van der Waals surface area contributed by atoms with E-state index >= 15 is 0 Å². The van der Waals surface area contributed by atoms with Gasteiger partial charge in [0.05, 0.1) is 0 Å². The monoisotopic (exact) mass is 196 g/mol. The van der Waals surface area contributed by atoms with Crippen molar-refractivity contribution < 1.29 is 0 Å². The average Bonchev–Trinajstić information content (AvgIpc) is 2.15. The Balaban J connectivity index is 2.56. The van der Waals surface area contributed by atoms with E-state index in [1.54, 1.807) is 0 Å². The van der Waals surface area contributed by atoms with Gasteiger partial charge in [0.2, 0.25) is 0 Å². The summed E-state index contributed by atoms with van der Waals surface area (Å²) in [6.45, 7) is 4.23. The van der Waals surface area contributed by atoms with E-state index in [4.69, 9.17) is 11.6 Å². The number of alkyl halides is 1. The van der Waals surface area contributed by atoms with Gasteiger partial charge in [-0.05, 0) is 37.3 Å². The van der Waals surface area contributed by atoms with E-state index in [0.717, 1.165) is 19.3 Å². The molecule has 0 nitrogen and oxygen atoms in total. The minimum atomic E-state index is 0.283. The molecule has 0 aliphatic carbocycles. The van der Waals surface area contributed by atoms with E-state index in [-0.39, 0.29) is 5.38 Å². The van der Waals surface area contributed by atoms with E-state index in [1.807, 2.05) is 6.92 Å². The van der Waals surface area contributed by atoms with Gasteiger partial charge in [-0.3, -0.25) is 0 Å². The third kappa shape index (κ3) is 3.82. The van der Waals surface area contributed by atoms with Crippen molar-refractivity contribution >= 4 is 11.6 Å². The molecule has 1 aromatic rings. The second-order valence-corrected chi connectivity index (χ2v) is 4.24. The van der Waals surface area contributed by atoms with Gasteiger partial charge in [0.15, 0.2) is 0 Å². The van der Waals surface area contributed by atoms with Crippen LogP contribution in [0.5, 0.6) is 0 Å². The Kier molecular flexibility index (Phi) is 4.31. The molecule has 0 fully saturated rings. The molecule has 1 unspecified atom stereocenters. The van der Waals surface area contributed by atoms with Crippen LogP contribution >= 0.6 is 11.6 Å². The van der Waals surface area contributed by atoms with Gasteiger partial charge in [-0.25, -0.2) is 0 Å². The first kappa shape index (κ1) is 10.6. The standard InChI is InChI=1S/C12H17Cl/c1-3-11-5-4-6-12(9-11)8-7-10(2)13/h4-6,9-10H,3,7-8H2,1-2H3. The largest absolute Gasteiger partial charge is 0.123 e. The van der Waals surface area contributed by atoms with Gasteiger partial charge >= 0.3 is 0 Å². The highest BCUT2D eigenvalue weighted by Gasteiger charge is 1.98. The Morgan fingerprint density at radius 3 is 2.62 bits per heavy atom. The lowest BCUT2D eigenvalue weighted by molar-refractivity contribution is 0.802. The van der Waals surface area contributed by atoms with Crippen molar-refractivity contribution in [3.05, 3.63) is 35.4 Å². The van der Waals surface area contributed by atoms with Gasteiger partial charge < -0.3 is 0 Å². The summed E-state index contributed by atoms with van der Waals surface area (Å²) in [5, 5.41) is 0.283. The van der Waals surface area contributed by atoms with Crippen LogP contribution < -0.4 is 0 Å². The van der Waals surface area contributed by atoms with Crippen LogP contribution in [0.15, 0.2) is 24.3 Å². The quantitative estimate of drug-likeness (QED) is 0.643. The van der Waals surface area contributed by atoms with Crippen molar-refractivity contribution in [3.8, 4) is 0 Å². The molecule has 1 atom stereocenters. The Morgan fingerprint density at radius 1 is 1.31 bits per heavy atom. The summed E-state index contributed by atoms with van der Waals surface area (Å²) in [6.07, 6.45) is 3.28.